The van der Waals surface area contributed by atoms with E-state index in [9.17, 15) is 13.2 Å². The molecule has 2 rings (SSSR count). The number of nitrogens with zero attached hydrogens (tertiary/aromatic N) is 1. The van der Waals surface area contributed by atoms with E-state index in [1.165, 1.54) is 16.4 Å². The summed E-state index contributed by atoms with van der Waals surface area (Å²) in [6, 6.07) is 2.19. The van der Waals surface area contributed by atoms with E-state index in [1.54, 1.807) is 0 Å². The minimum Gasteiger partial charge on any atom is -0.478 e. The second-order valence-corrected chi connectivity index (χ2v) is 7.50. The zero-order chi connectivity index (χ0) is 15.8. The highest BCUT2D eigenvalue weighted by atomic mass is 35.5. The Bertz CT molecular complexity index is 678. The number of carboxylic acid groups (broad SMARTS) is 1. The van der Waals surface area contributed by atoms with Crippen LogP contribution in [0.3, 0.4) is 0 Å². The maximum atomic E-state index is 12.6. The van der Waals surface area contributed by atoms with Crippen LogP contribution in [0.4, 0.5) is 0 Å². The summed E-state index contributed by atoms with van der Waals surface area (Å²) in [5.41, 5.74) is 5.37. The van der Waals surface area contributed by atoms with Crippen LogP contribution in [0.15, 0.2) is 17.0 Å². The highest BCUT2D eigenvalue weighted by Crippen LogP contribution is 2.33. The van der Waals surface area contributed by atoms with Gasteiger partial charge in [-0.2, -0.15) is 4.31 Å². The minimum absolute atomic E-state index is 0.109. The lowest BCUT2D eigenvalue weighted by atomic mass is 10.1. The van der Waals surface area contributed by atoms with Crippen molar-refractivity contribution < 1.29 is 18.3 Å². The smallest absolute Gasteiger partial charge is 0.338 e. The number of carbonyl (C=O) groups is 1. The number of nitrogens with two attached hydrogens (primary N) is 1. The molecule has 1 aromatic carbocycles. The number of sulfonamides is 1. The Balaban J connectivity index is 2.50. The molecule has 21 heavy (non-hydrogen) atoms. The summed E-state index contributed by atoms with van der Waals surface area (Å²) in [6.07, 6.45) is 1.40. The fourth-order valence-electron chi connectivity index (χ4n) is 2.26. The molecule has 116 valence electrons. The summed E-state index contributed by atoms with van der Waals surface area (Å²) >= 11 is 11.7. The van der Waals surface area contributed by atoms with Gasteiger partial charge < -0.3 is 10.8 Å². The van der Waals surface area contributed by atoms with Gasteiger partial charge in [0, 0.05) is 19.1 Å². The van der Waals surface area contributed by atoms with E-state index in [4.69, 9.17) is 34.0 Å². The Morgan fingerprint density at radius 2 is 2.05 bits per heavy atom. The van der Waals surface area contributed by atoms with Crippen LogP contribution < -0.4 is 5.73 Å². The molecule has 1 unspecified atom stereocenters. The van der Waals surface area contributed by atoms with Gasteiger partial charge in [-0.1, -0.05) is 23.2 Å². The van der Waals surface area contributed by atoms with Gasteiger partial charge in [-0.3, -0.25) is 0 Å². The Labute approximate surface area is 132 Å². The fraction of sp³-hybridized carbons (Fsp3) is 0.417. The third kappa shape index (κ3) is 3.17. The molecule has 1 saturated heterocycles. The van der Waals surface area contributed by atoms with E-state index in [1.807, 2.05) is 0 Å². The second kappa shape index (κ2) is 6.10. The number of piperidine rings is 1. The van der Waals surface area contributed by atoms with Crippen molar-refractivity contribution in [1.29, 1.82) is 0 Å². The van der Waals surface area contributed by atoms with E-state index in [-0.39, 0.29) is 27.5 Å². The summed E-state index contributed by atoms with van der Waals surface area (Å²) in [7, 11) is -3.90. The van der Waals surface area contributed by atoms with Crippen LogP contribution in [-0.4, -0.2) is 42.9 Å². The first-order chi connectivity index (χ1) is 9.75. The molecule has 1 aliphatic heterocycles. The van der Waals surface area contributed by atoms with Gasteiger partial charge in [-0.15, -0.1) is 0 Å². The summed E-state index contributed by atoms with van der Waals surface area (Å²) in [5, 5.41) is 8.60. The first-order valence-electron chi connectivity index (χ1n) is 6.22. The number of hydrogen-bond donors (Lipinski definition) is 2. The summed E-state index contributed by atoms with van der Waals surface area (Å²) in [4.78, 5) is 10.9. The summed E-state index contributed by atoms with van der Waals surface area (Å²) in [6.45, 7) is 0.515. The van der Waals surface area contributed by atoms with Crippen LogP contribution >= 0.6 is 23.2 Å². The van der Waals surface area contributed by atoms with E-state index in [0.29, 0.717) is 13.0 Å². The van der Waals surface area contributed by atoms with Gasteiger partial charge in [0.25, 0.3) is 0 Å². The third-order valence-electron chi connectivity index (χ3n) is 3.31. The standard InChI is InChI=1S/C12H14Cl2N2O4S/c13-8-3-4-9(11(14)10(8)12(17)18)21(19,20)16-5-1-2-7(15)6-16/h3-4,7H,1-2,5-6,15H2,(H,17,18). The molecular weight excluding hydrogens is 339 g/mol. The fourth-order valence-corrected chi connectivity index (χ4v) is 4.69. The SMILES string of the molecule is NC1CCCN(S(=O)(=O)c2ccc(Cl)c(C(=O)O)c2Cl)C1. The maximum Gasteiger partial charge on any atom is 0.338 e. The van der Waals surface area contributed by atoms with Crippen molar-refractivity contribution in [3.63, 3.8) is 0 Å². The number of carboxylic acids is 1. The van der Waals surface area contributed by atoms with Crippen molar-refractivity contribution in [1.82, 2.24) is 4.31 Å². The van der Waals surface area contributed by atoms with Gasteiger partial charge in [0.1, 0.15) is 4.90 Å². The molecule has 1 aromatic rings. The topological polar surface area (TPSA) is 101 Å². The quantitative estimate of drug-likeness (QED) is 0.863. The molecule has 1 aliphatic rings. The van der Waals surface area contributed by atoms with Crippen LogP contribution in [-0.2, 0) is 10.0 Å². The van der Waals surface area contributed by atoms with Crippen LogP contribution in [0, 0.1) is 0 Å². The molecule has 0 aromatic heterocycles. The molecule has 0 saturated carbocycles. The second-order valence-electron chi connectivity index (χ2n) is 4.81. The summed E-state index contributed by atoms with van der Waals surface area (Å²) in [5.74, 6) is -1.38. The number of halogens is 2. The van der Waals surface area contributed by atoms with E-state index < -0.39 is 21.6 Å². The molecule has 1 atom stereocenters. The third-order valence-corrected chi connectivity index (χ3v) is 6.04. The molecule has 0 aliphatic carbocycles. The van der Waals surface area contributed by atoms with Gasteiger partial charge in [-0.05, 0) is 25.0 Å². The Morgan fingerprint density at radius 3 is 2.62 bits per heavy atom. The van der Waals surface area contributed by atoms with E-state index >= 15 is 0 Å². The van der Waals surface area contributed by atoms with E-state index in [0.717, 1.165) is 6.42 Å². The molecular formula is C12H14Cl2N2O4S. The lowest BCUT2D eigenvalue weighted by Gasteiger charge is -2.30. The molecule has 3 N–H and O–H groups in total. The first-order valence-corrected chi connectivity index (χ1v) is 8.41. The molecule has 6 nitrogen and oxygen atoms in total. The van der Waals surface area contributed by atoms with E-state index in [2.05, 4.69) is 0 Å². The minimum atomic E-state index is -3.90. The molecule has 0 spiro atoms. The van der Waals surface area contributed by atoms with Gasteiger partial charge in [0.05, 0.1) is 15.6 Å². The van der Waals surface area contributed by atoms with Crippen molar-refractivity contribution in [2.24, 2.45) is 5.73 Å². The molecule has 9 heteroatoms. The van der Waals surface area contributed by atoms with Crippen LogP contribution in [0.2, 0.25) is 10.0 Å². The summed E-state index contributed by atoms with van der Waals surface area (Å²) < 4.78 is 26.4. The number of aromatic carboxylic acids is 1. The predicted molar refractivity (Wildman–Crippen MR) is 79.4 cm³/mol. The van der Waals surface area contributed by atoms with Crippen molar-refractivity contribution in [2.75, 3.05) is 13.1 Å². The highest BCUT2D eigenvalue weighted by molar-refractivity contribution is 7.89. The van der Waals surface area contributed by atoms with Crippen molar-refractivity contribution in [2.45, 2.75) is 23.8 Å². The van der Waals surface area contributed by atoms with Crippen molar-refractivity contribution in [3.05, 3.63) is 27.7 Å². The van der Waals surface area contributed by atoms with Crippen LogP contribution in [0.5, 0.6) is 0 Å². The molecule has 0 bridgehead atoms. The van der Waals surface area contributed by atoms with Crippen LogP contribution in [0.25, 0.3) is 0 Å². The molecule has 0 radical (unpaired) electrons. The van der Waals surface area contributed by atoms with Crippen LogP contribution in [0.1, 0.15) is 23.2 Å². The monoisotopic (exact) mass is 352 g/mol. The zero-order valence-electron chi connectivity index (χ0n) is 10.9. The first kappa shape index (κ1) is 16.5. The Kier molecular flexibility index (Phi) is 4.79. The highest BCUT2D eigenvalue weighted by Gasteiger charge is 2.32. The van der Waals surface area contributed by atoms with Gasteiger partial charge in [0.2, 0.25) is 10.0 Å². The Hall–Kier alpha value is -0.860. The lowest BCUT2D eigenvalue weighted by molar-refractivity contribution is 0.0697. The van der Waals surface area contributed by atoms with Gasteiger partial charge in [-0.25, -0.2) is 13.2 Å². The molecule has 1 fully saturated rings. The average molecular weight is 353 g/mol. The number of rotatable bonds is 3. The Morgan fingerprint density at radius 1 is 1.38 bits per heavy atom. The predicted octanol–water partition coefficient (Wildman–Crippen LogP) is 1.80. The largest absolute Gasteiger partial charge is 0.478 e. The molecule has 1 heterocycles. The average Bonchev–Trinajstić information content (AvgIpc) is 2.37. The zero-order valence-corrected chi connectivity index (χ0v) is 13.2. The van der Waals surface area contributed by atoms with Crippen molar-refractivity contribution >= 4 is 39.2 Å². The number of benzene rings is 1. The van der Waals surface area contributed by atoms with Crippen molar-refractivity contribution in [3.8, 4) is 0 Å². The van der Waals surface area contributed by atoms with Gasteiger partial charge >= 0.3 is 5.97 Å². The normalized spacial score (nSPS) is 20.4. The maximum absolute atomic E-state index is 12.6. The van der Waals surface area contributed by atoms with Gasteiger partial charge in [0.15, 0.2) is 0 Å². The molecule has 0 amide bonds. The lowest BCUT2D eigenvalue weighted by Crippen LogP contribution is -2.45. The number of hydrogen-bond acceptors (Lipinski definition) is 4.